The highest BCUT2D eigenvalue weighted by atomic mass is 19.3. The molecule has 2 aromatic rings. The smallest absolute Gasteiger partial charge is 0.387 e. The number of carbonyl (C=O) groups is 1. The number of nitro groups is 1. The lowest BCUT2D eigenvalue weighted by molar-refractivity contribution is -0.384. The second kappa shape index (κ2) is 8.93. The van der Waals surface area contributed by atoms with Crippen molar-refractivity contribution in [2.75, 3.05) is 19.5 Å². The fourth-order valence-corrected chi connectivity index (χ4v) is 3.15. The second-order valence-electron chi connectivity index (χ2n) is 6.77. The van der Waals surface area contributed by atoms with Crippen molar-refractivity contribution in [3.05, 3.63) is 57.6 Å². The summed E-state index contributed by atoms with van der Waals surface area (Å²) >= 11 is 0. The zero-order valence-electron chi connectivity index (χ0n) is 16.4. The van der Waals surface area contributed by atoms with Crippen LogP contribution in [-0.4, -0.2) is 42.5 Å². The van der Waals surface area contributed by atoms with Crippen molar-refractivity contribution in [2.45, 2.75) is 32.0 Å². The molecule has 1 N–H and O–H groups in total. The molecule has 0 spiro atoms. The molecule has 10 heteroatoms. The summed E-state index contributed by atoms with van der Waals surface area (Å²) in [6.45, 7) is -2.78. The number of methoxy groups -OCH3 is 1. The van der Waals surface area contributed by atoms with Crippen LogP contribution in [0.2, 0.25) is 0 Å². The average Bonchev–Trinajstić information content (AvgIpc) is 3.56. The lowest BCUT2D eigenvalue weighted by Gasteiger charge is -2.23. The molecule has 1 saturated carbocycles. The van der Waals surface area contributed by atoms with Crippen LogP contribution in [0, 0.1) is 10.1 Å². The molecule has 160 valence electrons. The van der Waals surface area contributed by atoms with E-state index in [-0.39, 0.29) is 41.2 Å². The third-order valence-corrected chi connectivity index (χ3v) is 4.76. The summed E-state index contributed by atoms with van der Waals surface area (Å²) in [4.78, 5) is 25.5. The second-order valence-corrected chi connectivity index (χ2v) is 6.77. The van der Waals surface area contributed by atoms with Crippen LogP contribution >= 0.6 is 0 Å². The number of alkyl halides is 2. The molecule has 0 heterocycles. The maximum Gasteiger partial charge on any atom is 0.387 e. The number of nitrogens with one attached hydrogen (secondary N) is 1. The number of hydrogen-bond acceptors (Lipinski definition) is 6. The van der Waals surface area contributed by atoms with Crippen molar-refractivity contribution in [3.63, 3.8) is 0 Å². The Morgan fingerprint density at radius 2 is 2.00 bits per heavy atom. The van der Waals surface area contributed by atoms with Crippen LogP contribution in [0.5, 0.6) is 11.5 Å². The number of halogens is 2. The first-order valence-electron chi connectivity index (χ1n) is 9.23. The first-order chi connectivity index (χ1) is 14.3. The van der Waals surface area contributed by atoms with E-state index in [1.165, 1.54) is 37.4 Å². The zero-order valence-corrected chi connectivity index (χ0v) is 16.4. The van der Waals surface area contributed by atoms with Crippen molar-refractivity contribution < 1.29 is 28.0 Å². The van der Waals surface area contributed by atoms with Crippen LogP contribution < -0.4 is 14.8 Å². The molecule has 1 amide bonds. The first kappa shape index (κ1) is 21.3. The van der Waals surface area contributed by atoms with E-state index in [4.69, 9.17) is 4.74 Å². The molecule has 30 heavy (non-hydrogen) atoms. The molecule has 1 aliphatic rings. The summed E-state index contributed by atoms with van der Waals surface area (Å²) in [5.74, 6) is -0.307. The first-order valence-corrected chi connectivity index (χ1v) is 9.23. The normalized spacial score (nSPS) is 13.1. The van der Waals surface area contributed by atoms with Gasteiger partial charge in [0.2, 0.25) is 0 Å². The third-order valence-electron chi connectivity index (χ3n) is 4.76. The number of benzene rings is 2. The maximum absolute atomic E-state index is 13.1. The summed E-state index contributed by atoms with van der Waals surface area (Å²) < 4.78 is 34.6. The molecular weight excluding hydrogens is 400 g/mol. The number of ether oxygens (including phenoxy) is 2. The van der Waals surface area contributed by atoms with Crippen LogP contribution in [0.4, 0.5) is 20.2 Å². The number of anilines is 1. The SMILES string of the molecule is CNc1ccc(C(=O)N(Cc2ccc(OC(F)F)c(OC)c2)C2CC2)cc1[N+](=O)[O-]. The summed E-state index contributed by atoms with van der Waals surface area (Å²) in [5, 5.41) is 14.0. The summed E-state index contributed by atoms with van der Waals surface area (Å²) in [7, 11) is 2.90. The summed E-state index contributed by atoms with van der Waals surface area (Å²) in [6.07, 6.45) is 1.65. The third kappa shape index (κ3) is 4.76. The molecule has 0 atom stereocenters. The predicted octanol–water partition coefficient (Wildman–Crippen LogP) is 4.05. The van der Waals surface area contributed by atoms with Gasteiger partial charge in [-0.1, -0.05) is 6.07 Å². The number of rotatable bonds is 9. The molecule has 0 aliphatic heterocycles. The van der Waals surface area contributed by atoms with Gasteiger partial charge in [0.1, 0.15) is 5.69 Å². The highest BCUT2D eigenvalue weighted by Gasteiger charge is 2.34. The fraction of sp³-hybridized carbons (Fsp3) is 0.350. The average molecular weight is 421 g/mol. The highest BCUT2D eigenvalue weighted by molar-refractivity contribution is 5.96. The predicted molar refractivity (Wildman–Crippen MR) is 105 cm³/mol. The Hall–Kier alpha value is -3.43. The minimum Gasteiger partial charge on any atom is -0.493 e. The van der Waals surface area contributed by atoms with Crippen molar-refractivity contribution in [3.8, 4) is 11.5 Å². The van der Waals surface area contributed by atoms with E-state index in [0.717, 1.165) is 12.8 Å². The van der Waals surface area contributed by atoms with Crippen LogP contribution in [0.3, 0.4) is 0 Å². The molecule has 0 saturated heterocycles. The number of carbonyl (C=O) groups excluding carboxylic acids is 1. The largest absolute Gasteiger partial charge is 0.493 e. The number of nitro benzene ring substituents is 1. The fourth-order valence-electron chi connectivity index (χ4n) is 3.15. The topological polar surface area (TPSA) is 93.9 Å². The molecular formula is C20H21F2N3O5. The van der Waals surface area contributed by atoms with Gasteiger partial charge in [-0.05, 0) is 42.7 Å². The zero-order chi connectivity index (χ0) is 21.8. The van der Waals surface area contributed by atoms with Gasteiger partial charge in [0, 0.05) is 31.3 Å². The van der Waals surface area contributed by atoms with E-state index in [1.807, 2.05) is 0 Å². The van der Waals surface area contributed by atoms with Crippen molar-refractivity contribution in [1.29, 1.82) is 0 Å². The van der Waals surface area contributed by atoms with Crippen molar-refractivity contribution in [2.24, 2.45) is 0 Å². The lowest BCUT2D eigenvalue weighted by atomic mass is 10.1. The summed E-state index contributed by atoms with van der Waals surface area (Å²) in [6, 6.07) is 8.78. The Morgan fingerprint density at radius 1 is 1.27 bits per heavy atom. The van der Waals surface area contributed by atoms with Gasteiger partial charge in [-0.25, -0.2) is 0 Å². The Balaban J connectivity index is 1.86. The van der Waals surface area contributed by atoms with E-state index in [0.29, 0.717) is 11.3 Å². The molecule has 0 aromatic heterocycles. The van der Waals surface area contributed by atoms with Gasteiger partial charge in [0.05, 0.1) is 12.0 Å². The van der Waals surface area contributed by atoms with Gasteiger partial charge in [0.25, 0.3) is 11.6 Å². The van der Waals surface area contributed by atoms with E-state index < -0.39 is 11.5 Å². The van der Waals surface area contributed by atoms with Gasteiger partial charge in [-0.3, -0.25) is 14.9 Å². The van der Waals surface area contributed by atoms with Crippen LogP contribution in [-0.2, 0) is 6.54 Å². The van der Waals surface area contributed by atoms with Crippen LogP contribution in [0.1, 0.15) is 28.8 Å². The maximum atomic E-state index is 13.1. The van der Waals surface area contributed by atoms with Crippen molar-refractivity contribution >= 4 is 17.3 Å². The number of nitrogens with zero attached hydrogens (tertiary/aromatic N) is 2. The molecule has 1 aliphatic carbocycles. The van der Waals surface area contributed by atoms with Gasteiger partial charge in [0.15, 0.2) is 11.5 Å². The molecule has 3 rings (SSSR count). The van der Waals surface area contributed by atoms with Gasteiger partial charge in [-0.15, -0.1) is 0 Å². The van der Waals surface area contributed by atoms with Crippen LogP contribution in [0.25, 0.3) is 0 Å². The Bertz CT molecular complexity index is 950. The molecule has 0 radical (unpaired) electrons. The van der Waals surface area contributed by atoms with E-state index in [1.54, 1.807) is 18.0 Å². The van der Waals surface area contributed by atoms with Gasteiger partial charge in [-0.2, -0.15) is 8.78 Å². The van der Waals surface area contributed by atoms with E-state index >= 15 is 0 Å². The minimum absolute atomic E-state index is 0.0171. The molecule has 1 fully saturated rings. The molecule has 2 aromatic carbocycles. The molecule has 0 unspecified atom stereocenters. The minimum atomic E-state index is -2.98. The van der Waals surface area contributed by atoms with E-state index in [9.17, 15) is 23.7 Å². The van der Waals surface area contributed by atoms with Crippen LogP contribution in [0.15, 0.2) is 36.4 Å². The molecule has 8 nitrogen and oxygen atoms in total. The van der Waals surface area contributed by atoms with E-state index in [2.05, 4.69) is 10.1 Å². The Labute approximate surface area is 171 Å². The molecule has 0 bridgehead atoms. The monoisotopic (exact) mass is 421 g/mol. The summed E-state index contributed by atoms with van der Waals surface area (Å²) in [5.41, 5.74) is 0.996. The number of amides is 1. The highest BCUT2D eigenvalue weighted by Crippen LogP contribution is 2.34. The Kier molecular flexibility index (Phi) is 6.34. The van der Waals surface area contributed by atoms with Gasteiger partial charge < -0.3 is 19.7 Å². The Morgan fingerprint density at radius 3 is 2.57 bits per heavy atom. The standard InChI is InChI=1S/C20H21F2N3O5/c1-23-15-7-4-13(10-16(15)25(27)28)19(26)24(14-5-6-14)11-12-3-8-17(30-20(21)22)18(9-12)29-2/h3-4,7-10,14,20,23H,5-6,11H2,1-2H3. The lowest BCUT2D eigenvalue weighted by Crippen LogP contribution is -2.32. The van der Waals surface area contributed by atoms with Gasteiger partial charge >= 0.3 is 6.61 Å². The number of hydrogen-bond donors (Lipinski definition) is 1. The van der Waals surface area contributed by atoms with Crippen molar-refractivity contribution in [1.82, 2.24) is 4.90 Å². The quantitative estimate of drug-likeness (QED) is 0.485.